The summed E-state index contributed by atoms with van der Waals surface area (Å²) in [5.41, 5.74) is 5.38. The Bertz CT molecular complexity index is 1140. The molecule has 3 aromatic rings. The van der Waals surface area contributed by atoms with Crippen LogP contribution in [-0.2, 0) is 7.05 Å². The molecule has 0 saturated heterocycles. The van der Waals surface area contributed by atoms with Gasteiger partial charge in [0.25, 0.3) is 0 Å². The van der Waals surface area contributed by atoms with Crippen LogP contribution in [0.4, 0.5) is 0 Å². The van der Waals surface area contributed by atoms with E-state index in [9.17, 15) is 0 Å². The molecule has 0 amide bonds. The normalized spacial score (nSPS) is 16.4. The van der Waals surface area contributed by atoms with Gasteiger partial charge in [0.2, 0.25) is 0 Å². The van der Waals surface area contributed by atoms with Crippen LogP contribution in [-0.4, -0.2) is 24.7 Å². The Hall–Kier alpha value is -3.04. The minimum atomic E-state index is 0.306. The number of rotatable bonds is 3. The number of aryl methyl sites for hydroxylation is 2. The molecular formula is C20H17ClN6. The van der Waals surface area contributed by atoms with Crippen LogP contribution in [0.1, 0.15) is 24.0 Å². The molecule has 134 valence electrons. The van der Waals surface area contributed by atoms with Crippen molar-refractivity contribution in [3.8, 4) is 17.6 Å². The number of aromatic nitrogens is 5. The van der Waals surface area contributed by atoms with E-state index in [0.717, 1.165) is 34.6 Å². The molecule has 1 aliphatic carbocycles. The quantitative estimate of drug-likeness (QED) is 0.682. The average Bonchev–Trinajstić information content (AvgIpc) is 2.98. The summed E-state index contributed by atoms with van der Waals surface area (Å²) in [6.45, 7) is 2.02. The summed E-state index contributed by atoms with van der Waals surface area (Å²) in [5, 5.41) is 17.2. The topological polar surface area (TPSA) is 80.3 Å². The molecule has 0 spiro atoms. The zero-order valence-corrected chi connectivity index (χ0v) is 15.8. The Kier molecular flexibility index (Phi) is 4.46. The zero-order chi connectivity index (χ0) is 19.0. The summed E-state index contributed by atoms with van der Waals surface area (Å²) in [6.07, 6.45) is 9.65. The molecule has 0 bridgehead atoms. The third-order valence-electron chi connectivity index (χ3n) is 4.75. The van der Waals surface area contributed by atoms with Gasteiger partial charge in [0.1, 0.15) is 11.2 Å². The Balaban J connectivity index is 1.68. The fourth-order valence-corrected chi connectivity index (χ4v) is 3.43. The molecule has 0 N–H and O–H groups in total. The lowest BCUT2D eigenvalue weighted by atomic mass is 9.91. The van der Waals surface area contributed by atoms with Gasteiger partial charge in [-0.1, -0.05) is 29.8 Å². The molecule has 4 rings (SSSR count). The van der Waals surface area contributed by atoms with Gasteiger partial charge in [-0.25, -0.2) is 4.98 Å². The lowest BCUT2D eigenvalue weighted by Gasteiger charge is -2.14. The molecule has 1 unspecified atom stereocenters. The number of nitriles is 1. The SMILES string of the molecule is Cc1cc(C2=CCC(CC#N)C=C2)cnc1-c1nc2cc(Cl)nnc2n1C. The molecule has 0 saturated carbocycles. The van der Waals surface area contributed by atoms with E-state index in [2.05, 4.69) is 50.5 Å². The largest absolute Gasteiger partial charge is 0.309 e. The number of halogens is 1. The van der Waals surface area contributed by atoms with Gasteiger partial charge < -0.3 is 4.57 Å². The highest BCUT2D eigenvalue weighted by Gasteiger charge is 2.16. The van der Waals surface area contributed by atoms with Crippen molar-refractivity contribution in [2.24, 2.45) is 13.0 Å². The van der Waals surface area contributed by atoms with Gasteiger partial charge in [-0.15, -0.1) is 10.2 Å². The Morgan fingerprint density at radius 2 is 2.19 bits per heavy atom. The molecular weight excluding hydrogens is 360 g/mol. The summed E-state index contributed by atoms with van der Waals surface area (Å²) in [6, 6.07) is 6.04. The summed E-state index contributed by atoms with van der Waals surface area (Å²) >= 11 is 5.93. The van der Waals surface area contributed by atoms with Crippen LogP contribution in [0.15, 0.2) is 36.6 Å². The van der Waals surface area contributed by atoms with Crippen molar-refractivity contribution in [1.29, 1.82) is 5.26 Å². The lowest BCUT2D eigenvalue weighted by molar-refractivity contribution is 0.678. The monoisotopic (exact) mass is 376 g/mol. The molecule has 7 heteroatoms. The van der Waals surface area contributed by atoms with E-state index in [1.165, 1.54) is 0 Å². The molecule has 1 aliphatic rings. The molecule has 27 heavy (non-hydrogen) atoms. The minimum Gasteiger partial charge on any atom is -0.309 e. The van der Waals surface area contributed by atoms with E-state index in [1.54, 1.807) is 6.07 Å². The van der Waals surface area contributed by atoms with Crippen LogP contribution < -0.4 is 0 Å². The second-order valence-corrected chi connectivity index (χ2v) is 7.02. The molecule has 3 aromatic heterocycles. The summed E-state index contributed by atoms with van der Waals surface area (Å²) < 4.78 is 1.87. The number of imidazole rings is 1. The van der Waals surface area contributed by atoms with E-state index in [1.807, 2.05) is 24.7 Å². The smallest absolute Gasteiger partial charge is 0.182 e. The Labute approximate surface area is 161 Å². The van der Waals surface area contributed by atoms with Crippen LogP contribution in [0.5, 0.6) is 0 Å². The molecule has 0 fully saturated rings. The van der Waals surface area contributed by atoms with Crippen LogP contribution >= 0.6 is 11.6 Å². The van der Waals surface area contributed by atoms with Gasteiger partial charge in [-0.3, -0.25) is 4.98 Å². The maximum Gasteiger partial charge on any atom is 0.182 e. The second kappa shape index (κ2) is 6.93. The Morgan fingerprint density at radius 1 is 1.33 bits per heavy atom. The lowest BCUT2D eigenvalue weighted by Crippen LogP contribution is -2.01. The molecule has 3 heterocycles. The summed E-state index contributed by atoms with van der Waals surface area (Å²) in [5.74, 6) is 1.04. The predicted octanol–water partition coefficient (Wildman–Crippen LogP) is 4.26. The predicted molar refractivity (Wildman–Crippen MR) is 105 cm³/mol. The standard InChI is InChI=1S/C20H17ClN6/c1-12-9-15(14-5-3-13(4-6-14)7-8-22)11-23-18(12)20-24-16-10-17(21)25-26-19(16)27(20)2/h3,5-6,9-11,13H,4,7H2,1-2H3. The van der Waals surface area contributed by atoms with Gasteiger partial charge in [-0.05, 0) is 42.0 Å². The van der Waals surface area contributed by atoms with E-state index in [0.29, 0.717) is 28.7 Å². The highest BCUT2D eigenvalue weighted by atomic mass is 35.5. The van der Waals surface area contributed by atoms with Crippen molar-refractivity contribution in [1.82, 2.24) is 24.7 Å². The van der Waals surface area contributed by atoms with Gasteiger partial charge in [0.05, 0.1) is 6.07 Å². The average molecular weight is 377 g/mol. The van der Waals surface area contributed by atoms with Gasteiger partial charge in [0, 0.05) is 25.7 Å². The Morgan fingerprint density at radius 3 is 2.89 bits per heavy atom. The van der Waals surface area contributed by atoms with Crippen molar-refractivity contribution in [3.63, 3.8) is 0 Å². The van der Waals surface area contributed by atoms with Crippen molar-refractivity contribution in [3.05, 3.63) is 52.8 Å². The molecule has 0 aliphatic heterocycles. The van der Waals surface area contributed by atoms with Crippen LogP contribution in [0.2, 0.25) is 5.15 Å². The number of hydrogen-bond acceptors (Lipinski definition) is 5. The van der Waals surface area contributed by atoms with Gasteiger partial charge >= 0.3 is 0 Å². The third-order valence-corrected chi connectivity index (χ3v) is 4.94. The highest BCUT2D eigenvalue weighted by molar-refractivity contribution is 6.29. The molecule has 0 radical (unpaired) electrons. The van der Waals surface area contributed by atoms with E-state index >= 15 is 0 Å². The maximum absolute atomic E-state index is 8.83. The fourth-order valence-electron chi connectivity index (χ4n) is 3.29. The van der Waals surface area contributed by atoms with Crippen LogP contribution in [0.25, 0.3) is 28.3 Å². The van der Waals surface area contributed by atoms with Crippen LogP contribution in [0.3, 0.4) is 0 Å². The van der Waals surface area contributed by atoms with Crippen molar-refractivity contribution in [2.45, 2.75) is 19.8 Å². The first-order valence-corrected chi connectivity index (χ1v) is 9.03. The number of fused-ring (bicyclic) bond motifs is 1. The number of pyridine rings is 1. The van der Waals surface area contributed by atoms with Crippen molar-refractivity contribution < 1.29 is 0 Å². The highest BCUT2D eigenvalue weighted by Crippen LogP contribution is 2.29. The number of hydrogen-bond donors (Lipinski definition) is 0. The van der Waals surface area contributed by atoms with Gasteiger partial charge in [-0.2, -0.15) is 5.26 Å². The fraction of sp³-hybridized carbons (Fsp3) is 0.250. The van der Waals surface area contributed by atoms with E-state index in [4.69, 9.17) is 16.9 Å². The molecule has 0 aromatic carbocycles. The summed E-state index contributed by atoms with van der Waals surface area (Å²) in [4.78, 5) is 9.30. The zero-order valence-electron chi connectivity index (χ0n) is 15.0. The maximum atomic E-state index is 8.83. The summed E-state index contributed by atoms with van der Waals surface area (Å²) in [7, 11) is 1.89. The van der Waals surface area contributed by atoms with Crippen molar-refractivity contribution in [2.75, 3.05) is 0 Å². The first kappa shape index (κ1) is 17.4. The third kappa shape index (κ3) is 3.22. The molecule has 1 atom stereocenters. The van der Waals surface area contributed by atoms with Gasteiger partial charge in [0.15, 0.2) is 16.6 Å². The van der Waals surface area contributed by atoms with E-state index in [-0.39, 0.29) is 0 Å². The first-order valence-electron chi connectivity index (χ1n) is 8.65. The first-order chi connectivity index (χ1) is 13.1. The second-order valence-electron chi connectivity index (χ2n) is 6.64. The molecule has 6 nitrogen and oxygen atoms in total. The number of allylic oxidation sites excluding steroid dienone is 4. The van der Waals surface area contributed by atoms with Crippen molar-refractivity contribution >= 4 is 28.3 Å². The van der Waals surface area contributed by atoms with Crippen LogP contribution in [0, 0.1) is 24.2 Å². The number of nitrogens with zero attached hydrogens (tertiary/aromatic N) is 6. The minimum absolute atomic E-state index is 0.306. The van der Waals surface area contributed by atoms with E-state index < -0.39 is 0 Å².